The van der Waals surface area contributed by atoms with E-state index in [1.54, 1.807) is 18.4 Å². The van der Waals surface area contributed by atoms with Gasteiger partial charge in [0.25, 0.3) is 5.91 Å². The highest BCUT2D eigenvalue weighted by Gasteiger charge is 2.31. The molecule has 0 bridgehead atoms. The zero-order valence-electron chi connectivity index (χ0n) is 17.0. The molecule has 1 atom stereocenters. The van der Waals surface area contributed by atoms with Crippen LogP contribution in [0.2, 0.25) is 0 Å². The van der Waals surface area contributed by atoms with Crippen molar-refractivity contribution in [1.29, 1.82) is 0 Å². The summed E-state index contributed by atoms with van der Waals surface area (Å²) in [6.45, 7) is 5.55. The van der Waals surface area contributed by atoms with E-state index in [2.05, 4.69) is 27.3 Å². The first-order valence-electron chi connectivity index (χ1n) is 10.1. The van der Waals surface area contributed by atoms with E-state index in [4.69, 9.17) is 8.83 Å². The lowest BCUT2D eigenvalue weighted by atomic mass is 10.1. The van der Waals surface area contributed by atoms with Crippen LogP contribution in [0.4, 0.5) is 0 Å². The van der Waals surface area contributed by atoms with Crippen LogP contribution in [0.15, 0.2) is 45.6 Å². The van der Waals surface area contributed by atoms with Gasteiger partial charge in [0.2, 0.25) is 0 Å². The van der Waals surface area contributed by atoms with Gasteiger partial charge >= 0.3 is 0 Å². The number of furan rings is 2. The van der Waals surface area contributed by atoms with Gasteiger partial charge in [-0.1, -0.05) is 19.8 Å². The highest BCUT2D eigenvalue weighted by atomic mass is 35.5. The summed E-state index contributed by atoms with van der Waals surface area (Å²) in [5, 5.41) is 12.4. The molecule has 0 radical (unpaired) electrons. The summed E-state index contributed by atoms with van der Waals surface area (Å²) in [7, 11) is 0. The number of aromatic nitrogens is 4. The molecule has 1 unspecified atom stereocenters. The van der Waals surface area contributed by atoms with Crippen molar-refractivity contribution < 1.29 is 13.6 Å². The van der Waals surface area contributed by atoms with E-state index in [1.807, 2.05) is 21.7 Å². The van der Waals surface area contributed by atoms with Gasteiger partial charge in [0, 0.05) is 26.2 Å². The van der Waals surface area contributed by atoms with E-state index in [1.165, 1.54) is 6.26 Å². The van der Waals surface area contributed by atoms with Crippen molar-refractivity contribution >= 4 is 18.3 Å². The van der Waals surface area contributed by atoms with Gasteiger partial charge in [-0.3, -0.25) is 9.69 Å². The number of nitrogens with zero attached hydrogens (tertiary/aromatic N) is 6. The summed E-state index contributed by atoms with van der Waals surface area (Å²) in [6.07, 6.45) is 6.35. The first-order valence-corrected chi connectivity index (χ1v) is 10.1. The predicted molar refractivity (Wildman–Crippen MR) is 111 cm³/mol. The predicted octanol–water partition coefficient (Wildman–Crippen LogP) is 3.02. The van der Waals surface area contributed by atoms with Gasteiger partial charge in [0.05, 0.1) is 18.6 Å². The summed E-state index contributed by atoms with van der Waals surface area (Å²) in [4.78, 5) is 16.8. The number of hydrogen-bond donors (Lipinski definition) is 0. The monoisotopic (exact) mass is 434 g/mol. The summed E-state index contributed by atoms with van der Waals surface area (Å²) >= 11 is 0. The Balaban J connectivity index is 0.00000256. The third-order valence-electron chi connectivity index (χ3n) is 5.35. The third-order valence-corrected chi connectivity index (χ3v) is 5.35. The van der Waals surface area contributed by atoms with Gasteiger partial charge < -0.3 is 13.7 Å². The van der Waals surface area contributed by atoms with E-state index in [-0.39, 0.29) is 24.4 Å². The highest BCUT2D eigenvalue weighted by Crippen LogP contribution is 2.26. The number of hydrogen-bond acceptors (Lipinski definition) is 7. The number of carbonyl (C=O) groups excluding carboxylic acids is 1. The number of carbonyl (C=O) groups is 1. The Bertz CT molecular complexity index is 888. The molecule has 30 heavy (non-hydrogen) atoms. The van der Waals surface area contributed by atoms with Crippen LogP contribution in [0, 0.1) is 0 Å². The number of unbranched alkanes of at least 4 members (excludes halogenated alkanes) is 1. The van der Waals surface area contributed by atoms with Gasteiger partial charge in [-0.25, -0.2) is 4.68 Å². The molecular weight excluding hydrogens is 408 g/mol. The first-order chi connectivity index (χ1) is 14.3. The van der Waals surface area contributed by atoms with Crippen molar-refractivity contribution in [2.45, 2.75) is 38.8 Å². The van der Waals surface area contributed by atoms with Crippen LogP contribution in [-0.4, -0.2) is 62.1 Å². The van der Waals surface area contributed by atoms with Crippen LogP contribution in [0.1, 0.15) is 54.4 Å². The van der Waals surface area contributed by atoms with Crippen molar-refractivity contribution in [2.24, 2.45) is 0 Å². The minimum Gasteiger partial charge on any atom is -0.467 e. The minimum atomic E-state index is -0.0533. The molecule has 9 nitrogen and oxygen atoms in total. The molecule has 3 aromatic heterocycles. The number of piperazine rings is 1. The van der Waals surface area contributed by atoms with Crippen molar-refractivity contribution in [3.63, 3.8) is 0 Å². The Morgan fingerprint density at radius 1 is 1.13 bits per heavy atom. The van der Waals surface area contributed by atoms with Crippen LogP contribution in [0.5, 0.6) is 0 Å². The van der Waals surface area contributed by atoms with Crippen LogP contribution < -0.4 is 0 Å². The SMILES string of the molecule is CCCCC(c1nnnn1Cc1ccco1)N1CCN(C(=O)c2ccco2)CC1.Cl. The molecule has 1 saturated heterocycles. The van der Waals surface area contributed by atoms with Crippen molar-refractivity contribution in [1.82, 2.24) is 30.0 Å². The van der Waals surface area contributed by atoms with E-state index in [9.17, 15) is 4.79 Å². The average molecular weight is 435 g/mol. The van der Waals surface area contributed by atoms with Gasteiger partial charge in [0.15, 0.2) is 11.6 Å². The molecule has 0 spiro atoms. The molecule has 1 amide bonds. The lowest BCUT2D eigenvalue weighted by Gasteiger charge is -2.38. The van der Waals surface area contributed by atoms with Crippen LogP contribution in [0.25, 0.3) is 0 Å². The minimum absolute atomic E-state index is 0. The quantitative estimate of drug-likeness (QED) is 0.537. The molecule has 0 aliphatic carbocycles. The van der Waals surface area contributed by atoms with Gasteiger partial charge in [0.1, 0.15) is 12.3 Å². The van der Waals surface area contributed by atoms with Crippen molar-refractivity contribution in [2.75, 3.05) is 26.2 Å². The fourth-order valence-electron chi connectivity index (χ4n) is 3.78. The second-order valence-electron chi connectivity index (χ2n) is 7.24. The molecule has 3 aromatic rings. The van der Waals surface area contributed by atoms with E-state index in [0.29, 0.717) is 25.4 Å². The van der Waals surface area contributed by atoms with Crippen LogP contribution in [0.3, 0.4) is 0 Å². The number of rotatable bonds is 8. The summed E-state index contributed by atoms with van der Waals surface area (Å²) in [5.74, 6) is 2.01. The smallest absolute Gasteiger partial charge is 0.289 e. The summed E-state index contributed by atoms with van der Waals surface area (Å²) < 4.78 is 12.5. The molecule has 0 saturated carbocycles. The van der Waals surface area contributed by atoms with Crippen LogP contribution >= 0.6 is 12.4 Å². The fraction of sp³-hybridized carbons (Fsp3) is 0.500. The van der Waals surface area contributed by atoms with E-state index < -0.39 is 0 Å². The van der Waals surface area contributed by atoms with E-state index >= 15 is 0 Å². The average Bonchev–Trinajstić information content (AvgIpc) is 3.52. The first kappa shape index (κ1) is 22.0. The lowest BCUT2D eigenvalue weighted by Crippen LogP contribution is -2.50. The van der Waals surface area contributed by atoms with E-state index in [0.717, 1.165) is 43.9 Å². The largest absolute Gasteiger partial charge is 0.467 e. The van der Waals surface area contributed by atoms with Crippen LogP contribution in [-0.2, 0) is 6.54 Å². The maximum atomic E-state index is 12.5. The maximum absolute atomic E-state index is 12.5. The number of amides is 1. The Morgan fingerprint density at radius 3 is 2.57 bits per heavy atom. The Kier molecular flexibility index (Phi) is 7.64. The summed E-state index contributed by atoms with van der Waals surface area (Å²) in [6, 6.07) is 7.35. The molecule has 10 heteroatoms. The second kappa shape index (κ2) is 10.4. The topological polar surface area (TPSA) is 93.4 Å². The maximum Gasteiger partial charge on any atom is 0.289 e. The molecule has 4 heterocycles. The Hall–Kier alpha value is -2.65. The number of halogens is 1. The molecule has 1 aliphatic rings. The lowest BCUT2D eigenvalue weighted by molar-refractivity contribution is 0.0513. The van der Waals surface area contributed by atoms with Crippen molar-refractivity contribution in [3.05, 3.63) is 54.1 Å². The van der Waals surface area contributed by atoms with Gasteiger partial charge in [-0.15, -0.1) is 17.5 Å². The zero-order chi connectivity index (χ0) is 20.1. The van der Waals surface area contributed by atoms with Crippen molar-refractivity contribution in [3.8, 4) is 0 Å². The zero-order valence-corrected chi connectivity index (χ0v) is 17.8. The Labute approximate surface area is 181 Å². The fourth-order valence-corrected chi connectivity index (χ4v) is 3.78. The number of tetrazole rings is 1. The molecule has 0 aromatic carbocycles. The molecule has 162 valence electrons. The Morgan fingerprint density at radius 2 is 1.90 bits per heavy atom. The standard InChI is InChI=1S/C20H26N6O3.ClH/c1-2-3-7-17(19-21-22-23-26(19)15-16-6-4-13-28-16)24-9-11-25(12-10-24)20(27)18-8-5-14-29-18;/h4-6,8,13-14,17H,2-3,7,9-12,15H2,1H3;1H. The molecule has 0 N–H and O–H groups in total. The summed E-state index contributed by atoms with van der Waals surface area (Å²) in [5.41, 5.74) is 0. The van der Waals surface area contributed by atoms with Gasteiger partial charge in [-0.2, -0.15) is 0 Å². The molecule has 1 aliphatic heterocycles. The third kappa shape index (κ3) is 4.91. The molecular formula is C20H27ClN6O3. The highest BCUT2D eigenvalue weighted by molar-refractivity contribution is 5.91. The molecule has 4 rings (SSSR count). The molecule has 1 fully saturated rings. The normalized spacial score (nSPS) is 15.7. The second-order valence-corrected chi connectivity index (χ2v) is 7.24. The van der Waals surface area contributed by atoms with Gasteiger partial charge in [-0.05, 0) is 41.1 Å².